The van der Waals surface area contributed by atoms with Crippen molar-refractivity contribution in [3.05, 3.63) is 40.4 Å². The summed E-state index contributed by atoms with van der Waals surface area (Å²) in [6.45, 7) is 4.61. The number of benzene rings is 1. The fourth-order valence-electron chi connectivity index (χ4n) is 1.56. The first kappa shape index (κ1) is 11.9. The number of hydrogen-bond donors (Lipinski definition) is 1. The predicted octanol–water partition coefficient (Wildman–Crippen LogP) is 2.70. The Morgan fingerprint density at radius 1 is 1.29 bits per heavy atom. The molecule has 2 aromatic rings. The van der Waals surface area contributed by atoms with E-state index in [0.29, 0.717) is 6.54 Å². The van der Waals surface area contributed by atoms with E-state index >= 15 is 0 Å². The van der Waals surface area contributed by atoms with Crippen LogP contribution >= 0.6 is 11.6 Å². The molecule has 0 radical (unpaired) electrons. The zero-order valence-electron chi connectivity index (χ0n) is 10.2. The Kier molecular flexibility index (Phi) is 3.33. The molecule has 0 unspecified atom stereocenters. The van der Waals surface area contributed by atoms with Crippen LogP contribution in [-0.4, -0.2) is 14.8 Å². The van der Waals surface area contributed by atoms with Gasteiger partial charge < -0.3 is 9.88 Å². The SMILES string of the molecule is Cc1ccc(Cl)cc1NCc1nnc(C)n1C. The van der Waals surface area contributed by atoms with E-state index in [1.807, 2.05) is 43.7 Å². The van der Waals surface area contributed by atoms with Crippen LogP contribution in [0.1, 0.15) is 17.2 Å². The molecule has 0 atom stereocenters. The summed E-state index contributed by atoms with van der Waals surface area (Å²) in [6, 6.07) is 5.79. The van der Waals surface area contributed by atoms with Crippen LogP contribution in [-0.2, 0) is 13.6 Å². The number of aromatic nitrogens is 3. The van der Waals surface area contributed by atoms with Gasteiger partial charge in [-0.3, -0.25) is 0 Å². The van der Waals surface area contributed by atoms with Gasteiger partial charge in [-0.15, -0.1) is 10.2 Å². The molecule has 1 heterocycles. The second-order valence-corrected chi connectivity index (χ2v) is 4.47. The van der Waals surface area contributed by atoms with Crippen molar-refractivity contribution in [3.8, 4) is 0 Å². The van der Waals surface area contributed by atoms with Gasteiger partial charge >= 0.3 is 0 Å². The number of aryl methyl sites for hydroxylation is 2. The summed E-state index contributed by atoms with van der Waals surface area (Å²) in [4.78, 5) is 0. The number of hydrogen-bond acceptors (Lipinski definition) is 3. The average molecular weight is 251 g/mol. The fraction of sp³-hybridized carbons (Fsp3) is 0.333. The number of anilines is 1. The van der Waals surface area contributed by atoms with Crippen LogP contribution in [0.3, 0.4) is 0 Å². The molecule has 0 amide bonds. The average Bonchev–Trinajstić information content (AvgIpc) is 2.62. The molecule has 5 heteroatoms. The Morgan fingerprint density at radius 3 is 2.71 bits per heavy atom. The van der Waals surface area contributed by atoms with Crippen molar-refractivity contribution < 1.29 is 0 Å². The van der Waals surface area contributed by atoms with E-state index in [0.717, 1.165) is 27.9 Å². The van der Waals surface area contributed by atoms with Gasteiger partial charge in [-0.05, 0) is 31.5 Å². The monoisotopic (exact) mass is 250 g/mol. The van der Waals surface area contributed by atoms with Gasteiger partial charge in [0.25, 0.3) is 0 Å². The van der Waals surface area contributed by atoms with Crippen molar-refractivity contribution in [1.82, 2.24) is 14.8 Å². The molecule has 1 aromatic carbocycles. The summed E-state index contributed by atoms with van der Waals surface area (Å²) in [7, 11) is 1.96. The van der Waals surface area contributed by atoms with Gasteiger partial charge in [0.15, 0.2) is 5.82 Å². The van der Waals surface area contributed by atoms with E-state index in [-0.39, 0.29) is 0 Å². The van der Waals surface area contributed by atoms with Crippen LogP contribution in [0.2, 0.25) is 5.02 Å². The van der Waals surface area contributed by atoms with Gasteiger partial charge in [-0.1, -0.05) is 17.7 Å². The minimum atomic E-state index is 0.637. The van der Waals surface area contributed by atoms with E-state index < -0.39 is 0 Å². The van der Waals surface area contributed by atoms with E-state index in [2.05, 4.69) is 15.5 Å². The minimum Gasteiger partial charge on any atom is -0.377 e. The lowest BCUT2D eigenvalue weighted by Crippen LogP contribution is -2.07. The Bertz CT molecular complexity index is 533. The summed E-state index contributed by atoms with van der Waals surface area (Å²) < 4.78 is 1.97. The number of nitrogens with one attached hydrogen (secondary N) is 1. The molecular weight excluding hydrogens is 236 g/mol. The number of halogens is 1. The Labute approximate surface area is 106 Å². The van der Waals surface area contributed by atoms with E-state index in [4.69, 9.17) is 11.6 Å². The van der Waals surface area contributed by atoms with Crippen LogP contribution < -0.4 is 5.32 Å². The highest BCUT2D eigenvalue weighted by molar-refractivity contribution is 6.30. The molecule has 0 bridgehead atoms. The highest BCUT2D eigenvalue weighted by atomic mass is 35.5. The highest BCUT2D eigenvalue weighted by Crippen LogP contribution is 2.20. The molecule has 0 aliphatic heterocycles. The fourth-order valence-corrected chi connectivity index (χ4v) is 1.74. The number of rotatable bonds is 3. The Morgan fingerprint density at radius 2 is 2.06 bits per heavy atom. The molecule has 0 fully saturated rings. The molecular formula is C12H15ClN4. The third kappa shape index (κ3) is 2.58. The first-order valence-electron chi connectivity index (χ1n) is 5.43. The molecule has 0 aliphatic carbocycles. The first-order valence-corrected chi connectivity index (χ1v) is 5.80. The van der Waals surface area contributed by atoms with E-state index in [9.17, 15) is 0 Å². The van der Waals surface area contributed by atoms with Crippen LogP contribution in [0.4, 0.5) is 5.69 Å². The molecule has 0 spiro atoms. The minimum absolute atomic E-state index is 0.637. The Balaban J connectivity index is 2.12. The molecule has 17 heavy (non-hydrogen) atoms. The van der Waals surface area contributed by atoms with Gasteiger partial charge in [0.05, 0.1) is 6.54 Å². The molecule has 90 valence electrons. The standard InChI is InChI=1S/C12H15ClN4/c1-8-4-5-10(13)6-11(8)14-7-12-16-15-9(2)17(12)3/h4-6,14H,7H2,1-3H3. The van der Waals surface area contributed by atoms with Crippen LogP contribution in [0.25, 0.3) is 0 Å². The van der Waals surface area contributed by atoms with E-state index in [1.54, 1.807) is 0 Å². The van der Waals surface area contributed by atoms with Gasteiger partial charge in [0.2, 0.25) is 0 Å². The third-order valence-corrected chi connectivity index (χ3v) is 3.05. The van der Waals surface area contributed by atoms with Crippen molar-refractivity contribution >= 4 is 17.3 Å². The zero-order valence-corrected chi connectivity index (χ0v) is 10.9. The molecule has 0 saturated heterocycles. The Hall–Kier alpha value is -1.55. The van der Waals surface area contributed by atoms with Crippen LogP contribution in [0.5, 0.6) is 0 Å². The quantitative estimate of drug-likeness (QED) is 0.911. The number of nitrogens with zero attached hydrogens (tertiary/aromatic N) is 3. The van der Waals surface area contributed by atoms with Crippen molar-refractivity contribution in [2.75, 3.05) is 5.32 Å². The summed E-state index contributed by atoms with van der Waals surface area (Å²) >= 11 is 5.96. The molecule has 2 rings (SSSR count). The second-order valence-electron chi connectivity index (χ2n) is 4.04. The maximum Gasteiger partial charge on any atom is 0.152 e. The molecule has 1 aromatic heterocycles. The summed E-state index contributed by atoms with van der Waals surface area (Å²) in [6.07, 6.45) is 0. The summed E-state index contributed by atoms with van der Waals surface area (Å²) in [5.41, 5.74) is 2.19. The van der Waals surface area contributed by atoms with Crippen molar-refractivity contribution in [3.63, 3.8) is 0 Å². The largest absolute Gasteiger partial charge is 0.377 e. The molecule has 0 aliphatic rings. The van der Waals surface area contributed by atoms with E-state index in [1.165, 1.54) is 0 Å². The van der Waals surface area contributed by atoms with Gasteiger partial charge in [0, 0.05) is 17.8 Å². The predicted molar refractivity (Wildman–Crippen MR) is 69.3 cm³/mol. The van der Waals surface area contributed by atoms with Crippen LogP contribution in [0.15, 0.2) is 18.2 Å². The lowest BCUT2D eigenvalue weighted by atomic mass is 10.2. The van der Waals surface area contributed by atoms with Crippen molar-refractivity contribution in [2.24, 2.45) is 7.05 Å². The second kappa shape index (κ2) is 4.75. The van der Waals surface area contributed by atoms with Crippen molar-refractivity contribution in [1.29, 1.82) is 0 Å². The maximum atomic E-state index is 5.96. The van der Waals surface area contributed by atoms with Crippen LogP contribution in [0, 0.1) is 13.8 Å². The lowest BCUT2D eigenvalue weighted by molar-refractivity contribution is 0.789. The van der Waals surface area contributed by atoms with Gasteiger partial charge in [0.1, 0.15) is 5.82 Å². The van der Waals surface area contributed by atoms with Gasteiger partial charge in [-0.25, -0.2) is 0 Å². The molecule has 0 saturated carbocycles. The highest BCUT2D eigenvalue weighted by Gasteiger charge is 2.05. The third-order valence-electron chi connectivity index (χ3n) is 2.82. The summed E-state index contributed by atoms with van der Waals surface area (Å²) in [5, 5.41) is 12.2. The zero-order chi connectivity index (χ0) is 12.4. The van der Waals surface area contributed by atoms with Gasteiger partial charge in [-0.2, -0.15) is 0 Å². The maximum absolute atomic E-state index is 5.96. The summed E-state index contributed by atoms with van der Waals surface area (Å²) in [5.74, 6) is 1.81. The topological polar surface area (TPSA) is 42.7 Å². The lowest BCUT2D eigenvalue weighted by Gasteiger charge is -2.09. The first-order chi connectivity index (χ1) is 8.08. The normalized spacial score (nSPS) is 10.6. The van der Waals surface area contributed by atoms with Crippen molar-refractivity contribution in [2.45, 2.75) is 20.4 Å². The molecule has 1 N–H and O–H groups in total. The smallest absolute Gasteiger partial charge is 0.152 e. The molecule has 4 nitrogen and oxygen atoms in total.